The fraction of sp³-hybridized carbons (Fsp3) is 0.240. The number of aryl methyl sites for hydroxylation is 2. The van der Waals surface area contributed by atoms with Crippen LogP contribution in [0.3, 0.4) is 0 Å². The summed E-state index contributed by atoms with van der Waals surface area (Å²) >= 11 is 2.90. The van der Waals surface area contributed by atoms with Crippen molar-refractivity contribution < 1.29 is 9.53 Å². The van der Waals surface area contributed by atoms with Crippen molar-refractivity contribution in [2.75, 3.05) is 12.4 Å². The highest BCUT2D eigenvalue weighted by atomic mass is 32.2. The van der Waals surface area contributed by atoms with Gasteiger partial charge >= 0.3 is 0 Å². The molecule has 1 atom stereocenters. The van der Waals surface area contributed by atoms with Gasteiger partial charge in [0.25, 0.3) is 5.56 Å². The molecule has 33 heavy (non-hydrogen) atoms. The molecule has 168 valence electrons. The fourth-order valence-corrected chi connectivity index (χ4v) is 6.29. The van der Waals surface area contributed by atoms with Gasteiger partial charge in [-0.05, 0) is 56.0 Å². The zero-order chi connectivity index (χ0) is 22.9. The number of methoxy groups -OCH3 is 1. The normalized spacial score (nSPS) is 13.6. The molecule has 1 N–H and O–H groups in total. The summed E-state index contributed by atoms with van der Waals surface area (Å²) in [5.41, 5.74) is 2.49. The quantitative estimate of drug-likeness (QED) is 0.310. The standard InChI is InChI=1S/C25H23N3O3S2/c1-15(22(29)26-16-8-6-11-18(14-16)31-2)32-25-27-23-21(19-12-7-13-20(19)33-23)24(30)28(25)17-9-4-3-5-10-17/h3-6,8-11,14-15H,7,12-13H2,1-2H3,(H,26,29)/t15-/m0/s1. The van der Waals surface area contributed by atoms with Crippen LogP contribution in [0.2, 0.25) is 0 Å². The number of para-hydroxylation sites is 1. The molecule has 4 aromatic rings. The second-order valence-electron chi connectivity index (χ2n) is 7.89. The van der Waals surface area contributed by atoms with E-state index in [1.165, 1.54) is 16.6 Å². The number of ether oxygens (including phenoxy) is 1. The Kier molecular flexibility index (Phi) is 5.95. The van der Waals surface area contributed by atoms with Crippen molar-refractivity contribution in [1.29, 1.82) is 0 Å². The minimum atomic E-state index is -0.470. The van der Waals surface area contributed by atoms with Gasteiger partial charge in [0.05, 0.1) is 23.4 Å². The van der Waals surface area contributed by atoms with Crippen LogP contribution >= 0.6 is 23.1 Å². The Balaban J connectivity index is 1.51. The van der Waals surface area contributed by atoms with Crippen LogP contribution < -0.4 is 15.6 Å². The average molecular weight is 478 g/mol. The summed E-state index contributed by atoms with van der Waals surface area (Å²) in [6.45, 7) is 1.82. The number of carbonyl (C=O) groups excluding carboxylic acids is 1. The number of hydrogen-bond acceptors (Lipinski definition) is 6. The van der Waals surface area contributed by atoms with Gasteiger partial charge in [-0.1, -0.05) is 36.0 Å². The first-order valence-electron chi connectivity index (χ1n) is 10.8. The molecule has 0 bridgehead atoms. The predicted molar refractivity (Wildman–Crippen MR) is 134 cm³/mol. The van der Waals surface area contributed by atoms with Crippen molar-refractivity contribution in [2.45, 2.75) is 36.6 Å². The Labute approximate surface area is 199 Å². The van der Waals surface area contributed by atoms with E-state index in [1.54, 1.807) is 29.1 Å². The Hall–Kier alpha value is -3.10. The summed E-state index contributed by atoms with van der Waals surface area (Å²) in [6, 6.07) is 16.7. The molecular weight excluding hydrogens is 454 g/mol. The lowest BCUT2D eigenvalue weighted by atomic mass is 10.2. The van der Waals surface area contributed by atoms with Crippen molar-refractivity contribution in [1.82, 2.24) is 9.55 Å². The molecule has 0 saturated heterocycles. The number of amides is 1. The third kappa shape index (κ3) is 4.16. The van der Waals surface area contributed by atoms with Crippen LogP contribution in [0.15, 0.2) is 64.5 Å². The van der Waals surface area contributed by atoms with Gasteiger partial charge < -0.3 is 10.1 Å². The van der Waals surface area contributed by atoms with E-state index in [9.17, 15) is 9.59 Å². The Morgan fingerprint density at radius 2 is 2.00 bits per heavy atom. The number of carbonyl (C=O) groups is 1. The summed E-state index contributed by atoms with van der Waals surface area (Å²) in [5, 5.41) is 3.71. The topological polar surface area (TPSA) is 73.2 Å². The molecule has 5 rings (SSSR count). The molecule has 0 unspecified atom stereocenters. The van der Waals surface area contributed by atoms with Gasteiger partial charge in [-0.15, -0.1) is 11.3 Å². The number of nitrogens with one attached hydrogen (secondary N) is 1. The number of hydrogen-bond donors (Lipinski definition) is 1. The molecule has 2 heterocycles. The monoisotopic (exact) mass is 477 g/mol. The average Bonchev–Trinajstić information content (AvgIpc) is 3.41. The SMILES string of the molecule is COc1cccc(NC(=O)[C@H](C)Sc2nc3sc4c(c3c(=O)n2-c2ccccc2)CCC4)c1. The Morgan fingerprint density at radius 1 is 1.18 bits per heavy atom. The van der Waals surface area contributed by atoms with Crippen LogP contribution in [0.5, 0.6) is 5.75 Å². The van der Waals surface area contributed by atoms with Gasteiger partial charge in [-0.2, -0.15) is 0 Å². The van der Waals surface area contributed by atoms with Gasteiger partial charge in [-0.25, -0.2) is 4.98 Å². The number of benzene rings is 2. The number of rotatable bonds is 6. The van der Waals surface area contributed by atoms with E-state index < -0.39 is 5.25 Å². The first-order valence-corrected chi connectivity index (χ1v) is 12.5. The predicted octanol–water partition coefficient (Wildman–Crippen LogP) is 5.06. The highest BCUT2D eigenvalue weighted by molar-refractivity contribution is 8.00. The summed E-state index contributed by atoms with van der Waals surface area (Å²) in [7, 11) is 1.59. The van der Waals surface area contributed by atoms with Gasteiger partial charge in [0.15, 0.2) is 5.16 Å². The number of aromatic nitrogens is 2. The minimum absolute atomic E-state index is 0.0616. The van der Waals surface area contributed by atoms with Crippen LogP contribution in [0.4, 0.5) is 5.69 Å². The number of thioether (sulfide) groups is 1. The minimum Gasteiger partial charge on any atom is -0.497 e. The second kappa shape index (κ2) is 9.03. The first-order chi connectivity index (χ1) is 16.0. The third-order valence-corrected chi connectivity index (χ3v) is 7.95. The van der Waals surface area contributed by atoms with Crippen molar-refractivity contribution in [2.24, 2.45) is 0 Å². The molecule has 2 aromatic carbocycles. The van der Waals surface area contributed by atoms with E-state index in [0.29, 0.717) is 16.6 Å². The lowest BCUT2D eigenvalue weighted by molar-refractivity contribution is -0.115. The zero-order valence-corrected chi connectivity index (χ0v) is 20.0. The molecule has 0 radical (unpaired) electrons. The third-order valence-electron chi connectivity index (χ3n) is 5.71. The van der Waals surface area contributed by atoms with Crippen molar-refractivity contribution >= 4 is 44.9 Å². The second-order valence-corrected chi connectivity index (χ2v) is 10.3. The van der Waals surface area contributed by atoms with Crippen molar-refractivity contribution in [3.05, 3.63) is 75.4 Å². The molecule has 0 saturated carbocycles. The van der Waals surface area contributed by atoms with Gasteiger partial charge in [0.1, 0.15) is 10.6 Å². The maximum Gasteiger partial charge on any atom is 0.267 e. The Bertz CT molecular complexity index is 1400. The molecule has 0 aliphatic heterocycles. The number of anilines is 1. The zero-order valence-electron chi connectivity index (χ0n) is 18.3. The number of nitrogens with zero attached hydrogens (tertiary/aromatic N) is 2. The fourth-order valence-electron chi connectivity index (χ4n) is 4.06. The van der Waals surface area contributed by atoms with E-state index in [-0.39, 0.29) is 11.5 Å². The molecule has 1 aliphatic carbocycles. The largest absolute Gasteiger partial charge is 0.497 e. The Morgan fingerprint density at radius 3 is 2.79 bits per heavy atom. The molecule has 0 spiro atoms. The molecule has 1 amide bonds. The highest BCUT2D eigenvalue weighted by Crippen LogP contribution is 2.36. The summed E-state index contributed by atoms with van der Waals surface area (Å²) in [5.74, 6) is 0.500. The smallest absolute Gasteiger partial charge is 0.267 e. The summed E-state index contributed by atoms with van der Waals surface area (Å²) in [6.07, 6.45) is 3.01. The maximum absolute atomic E-state index is 13.7. The highest BCUT2D eigenvalue weighted by Gasteiger charge is 2.25. The van der Waals surface area contributed by atoms with Crippen molar-refractivity contribution in [3.8, 4) is 11.4 Å². The van der Waals surface area contributed by atoms with Crippen LogP contribution in [-0.2, 0) is 17.6 Å². The molecule has 6 nitrogen and oxygen atoms in total. The van der Waals surface area contributed by atoms with Crippen molar-refractivity contribution in [3.63, 3.8) is 0 Å². The van der Waals surface area contributed by atoms with E-state index in [2.05, 4.69) is 5.32 Å². The van der Waals surface area contributed by atoms with E-state index in [4.69, 9.17) is 9.72 Å². The maximum atomic E-state index is 13.7. The summed E-state index contributed by atoms with van der Waals surface area (Å²) in [4.78, 5) is 33.5. The summed E-state index contributed by atoms with van der Waals surface area (Å²) < 4.78 is 6.88. The lowest BCUT2D eigenvalue weighted by Gasteiger charge is -2.16. The first kappa shape index (κ1) is 21.7. The van der Waals surface area contributed by atoms with Gasteiger partial charge in [0.2, 0.25) is 5.91 Å². The number of fused-ring (bicyclic) bond motifs is 3. The van der Waals surface area contributed by atoms with E-state index in [0.717, 1.165) is 40.7 Å². The molecular formula is C25H23N3O3S2. The van der Waals surface area contributed by atoms with Gasteiger partial charge in [0, 0.05) is 16.6 Å². The van der Waals surface area contributed by atoms with Crippen LogP contribution in [0, 0.1) is 0 Å². The lowest BCUT2D eigenvalue weighted by Crippen LogP contribution is -2.26. The molecule has 2 aromatic heterocycles. The van der Waals surface area contributed by atoms with E-state index in [1.807, 2.05) is 55.5 Å². The van der Waals surface area contributed by atoms with E-state index >= 15 is 0 Å². The van der Waals surface area contributed by atoms with Crippen LogP contribution in [-0.4, -0.2) is 27.8 Å². The molecule has 0 fully saturated rings. The van der Waals surface area contributed by atoms with Crippen LogP contribution in [0.1, 0.15) is 23.8 Å². The number of thiophene rings is 1. The molecule has 1 aliphatic rings. The van der Waals surface area contributed by atoms with Crippen LogP contribution in [0.25, 0.3) is 15.9 Å². The van der Waals surface area contributed by atoms with Gasteiger partial charge in [-0.3, -0.25) is 14.2 Å². The molecule has 8 heteroatoms.